The molecule has 10 heteroatoms. The van der Waals surface area contributed by atoms with E-state index in [0.717, 1.165) is 5.56 Å². The van der Waals surface area contributed by atoms with Crippen LogP contribution in [0.25, 0.3) is 0 Å². The highest BCUT2D eigenvalue weighted by atomic mass is 35.5. The fourth-order valence-electron chi connectivity index (χ4n) is 4.66. The van der Waals surface area contributed by atoms with E-state index in [9.17, 15) is 19.8 Å². The molecule has 0 bridgehead atoms. The van der Waals surface area contributed by atoms with Crippen LogP contribution in [-0.4, -0.2) is 71.5 Å². The second-order valence-electron chi connectivity index (χ2n) is 8.58. The molecule has 4 rings (SSSR count). The van der Waals surface area contributed by atoms with Crippen molar-refractivity contribution in [2.75, 3.05) is 26.4 Å². The Labute approximate surface area is 219 Å². The molecule has 1 aliphatic carbocycles. The molecule has 2 aliphatic rings. The van der Waals surface area contributed by atoms with Crippen LogP contribution >= 0.6 is 23.2 Å². The van der Waals surface area contributed by atoms with E-state index in [1.165, 1.54) is 4.90 Å². The Kier molecular flexibility index (Phi) is 8.54. The highest BCUT2D eigenvalue weighted by Crippen LogP contribution is 2.47. The molecule has 192 valence electrons. The van der Waals surface area contributed by atoms with E-state index in [4.69, 9.17) is 32.7 Å². The molecule has 0 spiro atoms. The fourth-order valence-corrected chi connectivity index (χ4v) is 5.12. The average Bonchev–Trinajstić information content (AvgIpc) is 3.26. The summed E-state index contributed by atoms with van der Waals surface area (Å²) in [5, 5.41) is 24.2. The van der Waals surface area contributed by atoms with E-state index in [2.05, 4.69) is 5.32 Å². The topological polar surface area (TPSA) is 108 Å². The molecule has 4 atom stereocenters. The second-order valence-corrected chi connectivity index (χ2v) is 9.42. The van der Waals surface area contributed by atoms with Gasteiger partial charge in [-0.3, -0.25) is 9.59 Å². The SMILES string of the molecule is CCOCC(=O)N(Cc1ccc(Cl)cc1Cl)[C@@H]1C=C(C(=O)NCCO)[C@@H]2c3ccccc3O[C@@H]2[C@H]1O. The van der Waals surface area contributed by atoms with Crippen molar-refractivity contribution in [1.82, 2.24) is 10.2 Å². The summed E-state index contributed by atoms with van der Waals surface area (Å²) in [6.45, 7) is 1.80. The lowest BCUT2D eigenvalue weighted by Crippen LogP contribution is -2.56. The van der Waals surface area contributed by atoms with Gasteiger partial charge in [-0.25, -0.2) is 0 Å². The Hall–Kier alpha value is -2.62. The molecular weight excluding hydrogens is 507 g/mol. The predicted octanol–water partition coefficient (Wildman–Crippen LogP) is 2.68. The number of amides is 2. The van der Waals surface area contributed by atoms with Gasteiger partial charge in [-0.2, -0.15) is 0 Å². The largest absolute Gasteiger partial charge is 0.486 e. The Morgan fingerprint density at radius 3 is 2.69 bits per heavy atom. The van der Waals surface area contributed by atoms with Gasteiger partial charge in [0, 0.05) is 40.9 Å². The van der Waals surface area contributed by atoms with E-state index in [-0.39, 0.29) is 32.2 Å². The van der Waals surface area contributed by atoms with Crippen molar-refractivity contribution < 1.29 is 29.3 Å². The predicted molar refractivity (Wildman–Crippen MR) is 135 cm³/mol. The van der Waals surface area contributed by atoms with Gasteiger partial charge < -0.3 is 29.9 Å². The van der Waals surface area contributed by atoms with Crippen molar-refractivity contribution in [2.45, 2.75) is 37.6 Å². The first-order valence-corrected chi connectivity index (χ1v) is 12.5. The number of hydrogen-bond acceptors (Lipinski definition) is 6. The summed E-state index contributed by atoms with van der Waals surface area (Å²) in [5.74, 6) is -0.750. The lowest BCUT2D eigenvalue weighted by atomic mass is 9.77. The van der Waals surface area contributed by atoms with Gasteiger partial charge in [-0.15, -0.1) is 0 Å². The van der Waals surface area contributed by atoms with E-state index in [1.807, 2.05) is 18.2 Å². The molecule has 2 amide bonds. The molecule has 0 saturated heterocycles. The minimum Gasteiger partial charge on any atom is -0.486 e. The van der Waals surface area contributed by atoms with Crippen LogP contribution in [0.4, 0.5) is 0 Å². The summed E-state index contributed by atoms with van der Waals surface area (Å²) < 4.78 is 11.5. The third-order valence-electron chi connectivity index (χ3n) is 6.34. The Bertz CT molecular complexity index is 1160. The molecule has 1 aliphatic heterocycles. The Balaban J connectivity index is 1.76. The number of aliphatic hydroxyl groups excluding tert-OH is 2. The van der Waals surface area contributed by atoms with Crippen LogP contribution < -0.4 is 10.1 Å². The zero-order valence-electron chi connectivity index (χ0n) is 19.7. The van der Waals surface area contributed by atoms with Gasteiger partial charge >= 0.3 is 0 Å². The average molecular weight is 535 g/mol. The standard InChI is InChI=1S/C26H28Cl2N2O6/c1-2-35-14-22(32)30(13-15-7-8-16(27)11-19(15)28)20-12-18(26(34)29-9-10-31)23-17-5-3-4-6-21(17)36-25(23)24(20)33/h3-8,11-12,20,23-25,31,33H,2,9-10,13-14H2,1H3,(H,29,34)/t20-,23+,24+,25+/m1/s1. The maximum Gasteiger partial charge on any atom is 0.249 e. The minimum atomic E-state index is -1.14. The summed E-state index contributed by atoms with van der Waals surface area (Å²) in [4.78, 5) is 27.9. The van der Waals surface area contributed by atoms with Gasteiger partial charge in [0.25, 0.3) is 0 Å². The van der Waals surface area contributed by atoms with Gasteiger partial charge in [0.05, 0.1) is 18.6 Å². The van der Waals surface area contributed by atoms with Crippen LogP contribution in [0.3, 0.4) is 0 Å². The molecule has 36 heavy (non-hydrogen) atoms. The quantitative estimate of drug-likeness (QED) is 0.456. The number of fused-ring (bicyclic) bond motifs is 3. The smallest absolute Gasteiger partial charge is 0.249 e. The summed E-state index contributed by atoms with van der Waals surface area (Å²) in [5.41, 5.74) is 1.75. The first kappa shape index (κ1) is 26.4. The number of halogens is 2. The highest BCUT2D eigenvalue weighted by Gasteiger charge is 2.50. The van der Waals surface area contributed by atoms with E-state index in [1.54, 1.807) is 37.3 Å². The molecule has 8 nitrogen and oxygen atoms in total. The van der Waals surface area contributed by atoms with Crippen molar-refractivity contribution in [3.05, 3.63) is 75.3 Å². The molecule has 0 aromatic heterocycles. The Morgan fingerprint density at radius 1 is 1.19 bits per heavy atom. The van der Waals surface area contributed by atoms with Crippen LogP contribution in [-0.2, 0) is 20.9 Å². The maximum absolute atomic E-state index is 13.3. The van der Waals surface area contributed by atoms with E-state index >= 15 is 0 Å². The molecule has 2 aromatic rings. The lowest BCUT2D eigenvalue weighted by molar-refractivity contribution is -0.142. The van der Waals surface area contributed by atoms with Gasteiger partial charge in [-0.05, 0) is 36.8 Å². The number of nitrogens with zero attached hydrogens (tertiary/aromatic N) is 1. The molecule has 0 radical (unpaired) electrons. The summed E-state index contributed by atoms with van der Waals surface area (Å²) in [6.07, 6.45) is -0.332. The third-order valence-corrected chi connectivity index (χ3v) is 6.93. The van der Waals surface area contributed by atoms with E-state index in [0.29, 0.717) is 33.5 Å². The van der Waals surface area contributed by atoms with Gasteiger partial charge in [0.15, 0.2) is 0 Å². The summed E-state index contributed by atoms with van der Waals surface area (Å²) in [6, 6.07) is 11.3. The fraction of sp³-hybridized carbons (Fsp3) is 0.385. The van der Waals surface area contributed by atoms with Crippen molar-refractivity contribution >= 4 is 35.0 Å². The normalized spacial score (nSPS) is 22.2. The molecule has 0 unspecified atom stereocenters. The number of nitrogens with one attached hydrogen (secondary N) is 1. The number of benzene rings is 2. The summed E-state index contributed by atoms with van der Waals surface area (Å²) >= 11 is 12.4. The number of rotatable bonds is 9. The molecule has 2 aromatic carbocycles. The number of ether oxygens (including phenoxy) is 2. The number of aliphatic hydroxyl groups is 2. The van der Waals surface area contributed by atoms with Gasteiger partial charge in [-0.1, -0.05) is 47.5 Å². The zero-order chi connectivity index (χ0) is 25.8. The van der Waals surface area contributed by atoms with Crippen LogP contribution in [0, 0.1) is 0 Å². The van der Waals surface area contributed by atoms with Crippen LogP contribution in [0.15, 0.2) is 54.1 Å². The van der Waals surface area contributed by atoms with Crippen molar-refractivity contribution in [2.24, 2.45) is 0 Å². The van der Waals surface area contributed by atoms with Crippen LogP contribution in [0.1, 0.15) is 24.0 Å². The maximum atomic E-state index is 13.3. The molecule has 3 N–H and O–H groups in total. The minimum absolute atomic E-state index is 0.0516. The van der Waals surface area contributed by atoms with Crippen LogP contribution in [0.2, 0.25) is 10.0 Å². The third kappa shape index (κ3) is 5.38. The highest BCUT2D eigenvalue weighted by molar-refractivity contribution is 6.35. The number of hydrogen-bond donors (Lipinski definition) is 3. The number of para-hydroxylation sites is 1. The molecule has 0 saturated carbocycles. The first-order valence-electron chi connectivity index (χ1n) is 11.7. The summed E-state index contributed by atoms with van der Waals surface area (Å²) in [7, 11) is 0. The second kappa shape index (κ2) is 11.6. The number of carbonyl (C=O) groups excluding carboxylic acids is 2. The lowest BCUT2D eigenvalue weighted by Gasteiger charge is -2.40. The van der Waals surface area contributed by atoms with Gasteiger partial charge in [0.1, 0.15) is 24.6 Å². The monoisotopic (exact) mass is 534 g/mol. The van der Waals surface area contributed by atoms with Crippen LogP contribution in [0.5, 0.6) is 5.75 Å². The van der Waals surface area contributed by atoms with Gasteiger partial charge in [0.2, 0.25) is 11.8 Å². The zero-order valence-corrected chi connectivity index (χ0v) is 21.2. The van der Waals surface area contributed by atoms with Crippen molar-refractivity contribution in [3.63, 3.8) is 0 Å². The molecular formula is C26H28Cl2N2O6. The first-order chi connectivity index (χ1) is 17.3. The van der Waals surface area contributed by atoms with E-state index < -0.39 is 30.1 Å². The Morgan fingerprint density at radius 2 is 1.97 bits per heavy atom. The number of carbonyl (C=O) groups is 2. The molecule has 0 fully saturated rings. The van der Waals surface area contributed by atoms with Crippen molar-refractivity contribution in [3.8, 4) is 5.75 Å². The molecule has 1 heterocycles. The van der Waals surface area contributed by atoms with Crippen molar-refractivity contribution in [1.29, 1.82) is 0 Å².